The number of pyridine rings is 1. The summed E-state index contributed by atoms with van der Waals surface area (Å²) in [6.07, 6.45) is 8.11. The lowest BCUT2D eigenvalue weighted by molar-refractivity contribution is 0.483. The predicted octanol–water partition coefficient (Wildman–Crippen LogP) is 9.70. The Hall–Kier alpha value is -5.16. The monoisotopic (exact) mass is 562 g/mol. The van der Waals surface area contributed by atoms with Crippen LogP contribution in [0.3, 0.4) is 0 Å². The second-order valence-electron chi connectivity index (χ2n) is 11.4. The van der Waals surface area contributed by atoms with Gasteiger partial charge in [-0.25, -0.2) is 9.67 Å². The Bertz CT molecular complexity index is 2120. The summed E-state index contributed by atoms with van der Waals surface area (Å²) in [7, 11) is 0. The highest BCUT2D eigenvalue weighted by Crippen LogP contribution is 2.35. The molecule has 0 bridgehead atoms. The Kier molecular flexibility index (Phi) is 6.78. The predicted molar refractivity (Wildman–Crippen MR) is 176 cm³/mol. The Morgan fingerprint density at radius 2 is 1.58 bits per heavy atom. The molecule has 4 aromatic carbocycles. The van der Waals surface area contributed by atoms with E-state index in [0.29, 0.717) is 0 Å². The highest BCUT2D eigenvalue weighted by Gasteiger charge is 2.15. The third kappa shape index (κ3) is 4.97. The van der Waals surface area contributed by atoms with Crippen molar-refractivity contribution in [2.75, 3.05) is 0 Å². The lowest BCUT2D eigenvalue weighted by Gasteiger charge is -2.12. The Morgan fingerprint density at radius 1 is 0.744 bits per heavy atom. The largest absolute Gasteiger partial charge is 0.457 e. The van der Waals surface area contributed by atoms with E-state index in [2.05, 4.69) is 99.1 Å². The van der Waals surface area contributed by atoms with E-state index in [-0.39, 0.29) is 0 Å². The first-order valence-electron chi connectivity index (χ1n) is 14.9. The second kappa shape index (κ2) is 10.9. The van der Waals surface area contributed by atoms with Crippen molar-refractivity contribution in [2.45, 2.75) is 40.5 Å². The van der Waals surface area contributed by atoms with Crippen LogP contribution in [0, 0.1) is 20.8 Å². The van der Waals surface area contributed by atoms with Crippen LogP contribution < -0.4 is 4.74 Å². The van der Waals surface area contributed by atoms with Crippen LogP contribution in [0.25, 0.3) is 44.4 Å². The van der Waals surface area contributed by atoms with Gasteiger partial charge in [0.15, 0.2) is 0 Å². The van der Waals surface area contributed by atoms with E-state index >= 15 is 0 Å². The molecule has 7 aromatic rings. The summed E-state index contributed by atoms with van der Waals surface area (Å²) in [5.74, 6) is 2.41. The number of fused-ring (bicyclic) bond motifs is 3. The third-order valence-corrected chi connectivity index (χ3v) is 8.05. The fourth-order valence-corrected chi connectivity index (χ4v) is 6.26. The van der Waals surface area contributed by atoms with Crippen LogP contribution in [0.4, 0.5) is 0 Å². The number of para-hydroxylation sites is 1. The molecular weight excluding hydrogens is 528 g/mol. The van der Waals surface area contributed by atoms with Crippen molar-refractivity contribution in [1.82, 2.24) is 19.3 Å². The molecule has 0 N–H and O–H groups in total. The zero-order chi connectivity index (χ0) is 29.5. The number of benzene rings is 4. The Morgan fingerprint density at radius 3 is 2.44 bits per heavy atom. The van der Waals surface area contributed by atoms with Gasteiger partial charge >= 0.3 is 0 Å². The molecule has 43 heavy (non-hydrogen) atoms. The minimum Gasteiger partial charge on any atom is -0.457 e. The molecule has 0 fully saturated rings. The van der Waals surface area contributed by atoms with Gasteiger partial charge in [0.05, 0.1) is 22.9 Å². The van der Waals surface area contributed by atoms with Gasteiger partial charge in [-0.3, -0.25) is 4.57 Å². The maximum Gasteiger partial charge on any atom is 0.137 e. The smallest absolute Gasteiger partial charge is 0.137 e. The number of hydrogen-bond acceptors (Lipinski definition) is 3. The highest BCUT2D eigenvalue weighted by atomic mass is 16.5. The van der Waals surface area contributed by atoms with Crippen molar-refractivity contribution in [3.05, 3.63) is 132 Å². The van der Waals surface area contributed by atoms with E-state index in [1.165, 1.54) is 33.2 Å². The molecule has 3 heterocycles. The van der Waals surface area contributed by atoms with E-state index in [4.69, 9.17) is 14.8 Å². The van der Waals surface area contributed by atoms with Crippen molar-refractivity contribution in [2.24, 2.45) is 0 Å². The standard InChI is InChI=1S/C38H34N4O/c1-5-9-28-19-26(3)18-27(4)38(28)29-23-40-41(24-29)30-10-8-11-31(21-30)43-32-14-15-34-33-12-6-7-13-35(33)42(36(34)22-32)37-20-25(2)16-17-39-37/h6-8,10-24H,5,9H2,1-4H3. The highest BCUT2D eigenvalue weighted by molar-refractivity contribution is 6.09. The topological polar surface area (TPSA) is 44.9 Å². The number of nitrogens with zero attached hydrogens (tertiary/aromatic N) is 4. The van der Waals surface area contributed by atoms with Crippen LogP contribution in [0.15, 0.2) is 110 Å². The van der Waals surface area contributed by atoms with Crippen LogP contribution in [-0.2, 0) is 6.42 Å². The first-order chi connectivity index (χ1) is 21.0. The first kappa shape index (κ1) is 26.7. The summed E-state index contributed by atoms with van der Waals surface area (Å²) >= 11 is 0. The number of ether oxygens (including phenoxy) is 1. The van der Waals surface area contributed by atoms with E-state index in [1.807, 2.05) is 47.4 Å². The van der Waals surface area contributed by atoms with E-state index in [1.54, 1.807) is 0 Å². The summed E-state index contributed by atoms with van der Waals surface area (Å²) in [4.78, 5) is 4.70. The van der Waals surface area contributed by atoms with Gasteiger partial charge < -0.3 is 4.74 Å². The molecule has 0 saturated heterocycles. The summed E-state index contributed by atoms with van der Waals surface area (Å²) in [5.41, 5.74) is 10.7. The molecule has 5 heteroatoms. The Labute approximate surface area is 252 Å². The number of rotatable bonds is 7. The number of aryl methyl sites for hydroxylation is 4. The van der Waals surface area contributed by atoms with Crippen molar-refractivity contribution in [3.8, 4) is 34.1 Å². The summed E-state index contributed by atoms with van der Waals surface area (Å²) in [6.45, 7) is 8.68. The van der Waals surface area contributed by atoms with Gasteiger partial charge in [0.25, 0.3) is 0 Å². The Balaban J connectivity index is 1.24. The van der Waals surface area contributed by atoms with Crippen LogP contribution >= 0.6 is 0 Å². The van der Waals surface area contributed by atoms with Gasteiger partial charge in [-0.15, -0.1) is 0 Å². The van der Waals surface area contributed by atoms with Crippen molar-refractivity contribution >= 4 is 21.8 Å². The number of aromatic nitrogens is 4. The average molecular weight is 563 g/mol. The van der Waals surface area contributed by atoms with E-state index in [0.717, 1.165) is 57.8 Å². The molecule has 0 amide bonds. The lowest BCUT2D eigenvalue weighted by Crippen LogP contribution is -1.98. The summed E-state index contributed by atoms with van der Waals surface area (Å²) < 4.78 is 10.6. The summed E-state index contributed by atoms with van der Waals surface area (Å²) in [5, 5.41) is 7.10. The number of hydrogen-bond donors (Lipinski definition) is 0. The van der Waals surface area contributed by atoms with Crippen molar-refractivity contribution in [1.29, 1.82) is 0 Å². The molecule has 0 spiro atoms. The van der Waals surface area contributed by atoms with Gasteiger partial charge in [0.2, 0.25) is 0 Å². The molecule has 0 unspecified atom stereocenters. The fourth-order valence-electron chi connectivity index (χ4n) is 6.26. The third-order valence-electron chi connectivity index (χ3n) is 8.05. The molecule has 212 valence electrons. The SMILES string of the molecule is CCCc1cc(C)cc(C)c1-c1cnn(-c2cccc(Oc3ccc4c5ccccc5n(-c5cc(C)ccn5)c4c3)c2)c1. The van der Waals surface area contributed by atoms with E-state index in [9.17, 15) is 0 Å². The first-order valence-corrected chi connectivity index (χ1v) is 14.9. The van der Waals surface area contributed by atoms with Crippen LogP contribution in [0.2, 0.25) is 0 Å². The molecule has 0 saturated carbocycles. The van der Waals surface area contributed by atoms with Crippen molar-refractivity contribution < 1.29 is 4.74 Å². The second-order valence-corrected chi connectivity index (χ2v) is 11.4. The molecule has 0 aliphatic rings. The van der Waals surface area contributed by atoms with Gasteiger partial charge in [-0.05, 0) is 91.9 Å². The van der Waals surface area contributed by atoms with Crippen LogP contribution in [-0.4, -0.2) is 19.3 Å². The molecule has 0 aliphatic carbocycles. The van der Waals surface area contributed by atoms with Gasteiger partial charge in [-0.1, -0.05) is 55.3 Å². The molecule has 7 rings (SSSR count). The van der Waals surface area contributed by atoms with Crippen molar-refractivity contribution in [3.63, 3.8) is 0 Å². The lowest BCUT2D eigenvalue weighted by atomic mass is 9.92. The van der Waals surface area contributed by atoms with E-state index < -0.39 is 0 Å². The zero-order valence-electron chi connectivity index (χ0n) is 25.0. The average Bonchev–Trinajstić information content (AvgIpc) is 3.60. The van der Waals surface area contributed by atoms with Crippen LogP contribution in [0.5, 0.6) is 11.5 Å². The minimum absolute atomic E-state index is 0.753. The van der Waals surface area contributed by atoms with Gasteiger partial charge in [-0.2, -0.15) is 5.10 Å². The molecule has 0 radical (unpaired) electrons. The molecule has 5 nitrogen and oxygen atoms in total. The van der Waals surface area contributed by atoms with Gasteiger partial charge in [0.1, 0.15) is 17.3 Å². The fraction of sp³-hybridized carbons (Fsp3) is 0.158. The molecule has 3 aromatic heterocycles. The normalized spacial score (nSPS) is 11.4. The molecular formula is C38H34N4O. The molecule has 0 aliphatic heterocycles. The van der Waals surface area contributed by atoms with Gasteiger partial charge in [0, 0.05) is 40.9 Å². The minimum atomic E-state index is 0.753. The summed E-state index contributed by atoms with van der Waals surface area (Å²) in [6, 6.07) is 31.5. The quantitative estimate of drug-likeness (QED) is 0.194. The zero-order valence-corrected chi connectivity index (χ0v) is 25.0. The maximum atomic E-state index is 6.46. The van der Waals surface area contributed by atoms with Crippen LogP contribution in [0.1, 0.15) is 35.6 Å². The molecule has 0 atom stereocenters. The maximum absolute atomic E-state index is 6.46.